The molecule has 0 bridgehead atoms. The van der Waals surface area contributed by atoms with E-state index < -0.39 is 16.1 Å². The summed E-state index contributed by atoms with van der Waals surface area (Å²) >= 11 is 0. The topological polar surface area (TPSA) is 3.24 Å². The van der Waals surface area contributed by atoms with Crippen molar-refractivity contribution in [1.29, 1.82) is 0 Å². The van der Waals surface area contributed by atoms with Gasteiger partial charge in [0.2, 0.25) is 0 Å². The molecule has 4 heteroatoms. The highest BCUT2D eigenvalue weighted by Gasteiger charge is 2.30. The first kappa shape index (κ1) is 19.1. The molecule has 1 aromatic rings. The molecule has 1 rings (SSSR count). The van der Waals surface area contributed by atoms with Crippen molar-refractivity contribution in [2.24, 2.45) is 0 Å². The number of benzene rings is 1. The Hall–Kier alpha value is 0.0438. The standard InChI is InChI=1S/C17H33NPSi2/c1-14(18(2)3)15-12-10-11-13-16(15)19-17(20(4,5)6)21(7,8)9/h10-14,17H,1-9H3/q-1/t14-/m1/s1. The molecule has 0 radical (unpaired) electrons. The molecule has 0 fully saturated rings. The Morgan fingerprint density at radius 1 is 0.905 bits per heavy atom. The zero-order chi connectivity index (χ0) is 16.4. The molecule has 0 aliphatic rings. The molecule has 1 aromatic carbocycles. The van der Waals surface area contributed by atoms with E-state index in [-0.39, 0.29) is 0 Å². The third kappa shape index (κ3) is 5.31. The Labute approximate surface area is 136 Å². The van der Waals surface area contributed by atoms with E-state index in [1.165, 1.54) is 5.56 Å². The first-order valence-electron chi connectivity index (χ1n) is 7.91. The average Bonchev–Trinajstić information content (AvgIpc) is 2.32. The van der Waals surface area contributed by atoms with E-state index >= 15 is 0 Å². The lowest BCUT2D eigenvalue weighted by atomic mass is 10.1. The van der Waals surface area contributed by atoms with Crippen LogP contribution in [0, 0.1) is 0 Å². The van der Waals surface area contributed by atoms with Gasteiger partial charge in [0.1, 0.15) is 0 Å². The van der Waals surface area contributed by atoms with Crippen molar-refractivity contribution in [2.45, 2.75) is 57.2 Å². The Morgan fingerprint density at radius 2 is 1.38 bits per heavy atom. The van der Waals surface area contributed by atoms with Crippen LogP contribution < -0.4 is 5.30 Å². The molecule has 1 nitrogen and oxygen atoms in total. The van der Waals surface area contributed by atoms with Crippen LogP contribution in [0.3, 0.4) is 0 Å². The summed E-state index contributed by atoms with van der Waals surface area (Å²) in [5, 5.41) is 1.55. The summed E-state index contributed by atoms with van der Waals surface area (Å²) in [6.07, 6.45) is 0. The molecule has 1 atom stereocenters. The second-order valence-corrected chi connectivity index (χ2v) is 21.9. The Bertz CT molecular complexity index is 447. The Morgan fingerprint density at radius 3 is 1.81 bits per heavy atom. The van der Waals surface area contributed by atoms with E-state index in [0.717, 1.165) is 4.91 Å². The van der Waals surface area contributed by atoms with Gasteiger partial charge in [-0.3, -0.25) is 0 Å². The van der Waals surface area contributed by atoms with Crippen molar-refractivity contribution < 1.29 is 0 Å². The van der Waals surface area contributed by atoms with Gasteiger partial charge in [-0.05, 0) is 21.0 Å². The molecule has 0 spiro atoms. The molecule has 0 aromatic heterocycles. The van der Waals surface area contributed by atoms with Crippen molar-refractivity contribution in [3.63, 3.8) is 0 Å². The Balaban J connectivity index is 3.17. The van der Waals surface area contributed by atoms with E-state index in [2.05, 4.69) is 89.5 Å². The van der Waals surface area contributed by atoms with Crippen LogP contribution in [0.2, 0.25) is 39.3 Å². The van der Waals surface area contributed by atoms with Crippen LogP contribution in [0.1, 0.15) is 18.5 Å². The normalized spacial score (nSPS) is 15.4. The van der Waals surface area contributed by atoms with Crippen molar-refractivity contribution in [1.82, 2.24) is 4.90 Å². The molecular weight excluding hydrogens is 305 g/mol. The smallest absolute Gasteiger partial charge is 0.0291 e. The quantitative estimate of drug-likeness (QED) is 0.521. The van der Waals surface area contributed by atoms with Gasteiger partial charge in [0.05, 0.1) is 0 Å². The first-order chi connectivity index (χ1) is 9.44. The highest BCUT2D eigenvalue weighted by molar-refractivity contribution is 7.56. The van der Waals surface area contributed by atoms with Crippen molar-refractivity contribution >= 4 is 30.0 Å². The molecule has 21 heavy (non-hydrogen) atoms. The summed E-state index contributed by atoms with van der Waals surface area (Å²) in [6.45, 7) is 17.6. The van der Waals surface area contributed by atoms with Gasteiger partial charge in [-0.1, -0.05) is 69.1 Å². The van der Waals surface area contributed by atoms with Gasteiger partial charge >= 0.3 is 0 Å². The van der Waals surface area contributed by atoms with Crippen molar-refractivity contribution in [3.05, 3.63) is 29.8 Å². The molecule has 0 aliphatic heterocycles. The average molecular weight is 339 g/mol. The predicted octanol–water partition coefficient (Wildman–Crippen LogP) is 5.00. The number of hydrogen-bond acceptors (Lipinski definition) is 1. The molecule has 0 unspecified atom stereocenters. The van der Waals surface area contributed by atoms with Crippen LogP contribution in [-0.2, 0) is 0 Å². The van der Waals surface area contributed by atoms with Gasteiger partial charge in [0.15, 0.2) is 0 Å². The van der Waals surface area contributed by atoms with Crippen LogP contribution in [0.15, 0.2) is 24.3 Å². The highest BCUT2D eigenvalue weighted by Crippen LogP contribution is 2.36. The third-order valence-corrected chi connectivity index (χ3v) is 18.9. The fourth-order valence-corrected chi connectivity index (χ4v) is 18.2. The fourth-order valence-electron chi connectivity index (χ4n) is 3.06. The number of hydrogen-bond donors (Lipinski definition) is 0. The predicted molar refractivity (Wildman–Crippen MR) is 106 cm³/mol. The largest absolute Gasteiger partial charge is 0.508 e. The van der Waals surface area contributed by atoms with Crippen LogP contribution in [0.4, 0.5) is 0 Å². The van der Waals surface area contributed by atoms with Crippen LogP contribution >= 0.6 is 8.58 Å². The third-order valence-electron chi connectivity index (χ3n) is 4.07. The van der Waals surface area contributed by atoms with E-state index in [1.54, 1.807) is 13.9 Å². The van der Waals surface area contributed by atoms with Crippen molar-refractivity contribution in [2.75, 3.05) is 14.1 Å². The summed E-state index contributed by atoms with van der Waals surface area (Å²) in [5.74, 6) is 0. The maximum Gasteiger partial charge on any atom is 0.0291 e. The van der Waals surface area contributed by atoms with Gasteiger partial charge in [-0.15, -0.1) is 0 Å². The van der Waals surface area contributed by atoms with Crippen molar-refractivity contribution in [3.8, 4) is 0 Å². The molecule has 0 aliphatic carbocycles. The van der Waals surface area contributed by atoms with E-state index in [0.29, 0.717) is 6.04 Å². The van der Waals surface area contributed by atoms with Crippen LogP contribution in [-0.4, -0.2) is 40.0 Å². The molecule has 120 valence electrons. The zero-order valence-electron chi connectivity index (χ0n) is 15.4. The molecule has 0 amide bonds. The second-order valence-electron chi connectivity index (χ2n) is 8.46. The lowest BCUT2D eigenvalue weighted by Gasteiger charge is -2.50. The van der Waals surface area contributed by atoms with E-state index in [1.807, 2.05) is 0 Å². The maximum absolute atomic E-state index is 2.54. The van der Waals surface area contributed by atoms with Gasteiger partial charge in [-0.25, -0.2) is 0 Å². The monoisotopic (exact) mass is 338 g/mol. The maximum atomic E-state index is 2.54. The summed E-state index contributed by atoms with van der Waals surface area (Å²) in [7, 11) is 3.61. The van der Waals surface area contributed by atoms with Gasteiger partial charge in [-0.2, -0.15) is 10.2 Å². The van der Waals surface area contributed by atoms with E-state index in [4.69, 9.17) is 0 Å². The van der Waals surface area contributed by atoms with E-state index in [9.17, 15) is 0 Å². The molecular formula is C17H33NPSi2-. The zero-order valence-corrected chi connectivity index (χ0v) is 18.3. The minimum Gasteiger partial charge on any atom is -0.508 e. The van der Waals surface area contributed by atoms with Gasteiger partial charge in [0.25, 0.3) is 0 Å². The summed E-state index contributed by atoms with van der Waals surface area (Å²) in [5.41, 5.74) is 1.51. The number of nitrogens with zero attached hydrogens (tertiary/aromatic N) is 1. The van der Waals surface area contributed by atoms with Crippen LogP contribution in [0.5, 0.6) is 0 Å². The Kier molecular flexibility index (Phi) is 6.44. The van der Waals surface area contributed by atoms with Gasteiger partial charge in [0, 0.05) is 22.2 Å². The lowest BCUT2D eigenvalue weighted by Crippen LogP contribution is -2.52. The van der Waals surface area contributed by atoms with Gasteiger partial charge < -0.3 is 13.5 Å². The molecule has 0 heterocycles. The first-order valence-corrected chi connectivity index (χ1v) is 16.0. The fraction of sp³-hybridized carbons (Fsp3) is 0.647. The molecule has 0 saturated heterocycles. The molecule has 0 saturated carbocycles. The summed E-state index contributed by atoms with van der Waals surface area (Å²) < 4.78 is 0. The highest BCUT2D eigenvalue weighted by atomic mass is 31.1. The second kappa shape index (κ2) is 7.08. The SMILES string of the molecule is C[C@H](c1ccccc1[P-]C([Si](C)(C)C)[Si](C)(C)C)N(C)C. The molecule has 0 N–H and O–H groups in total. The minimum atomic E-state index is -1.15. The van der Waals surface area contributed by atoms with Crippen LogP contribution in [0.25, 0.3) is 0 Å². The summed E-state index contributed by atoms with van der Waals surface area (Å²) in [4.78, 5) is 3.22. The number of rotatable bonds is 6. The lowest BCUT2D eigenvalue weighted by molar-refractivity contribution is 0.322. The summed E-state index contributed by atoms with van der Waals surface area (Å²) in [6, 6.07) is 9.55. The minimum absolute atomic E-state index is 0.484.